The predicted octanol–water partition coefficient (Wildman–Crippen LogP) is 4.09. The van der Waals surface area contributed by atoms with Gasteiger partial charge in [-0.05, 0) is 51.7 Å². The van der Waals surface area contributed by atoms with Crippen LogP contribution < -0.4 is 4.74 Å². The van der Waals surface area contributed by atoms with Gasteiger partial charge in [-0.15, -0.1) is 5.10 Å². The summed E-state index contributed by atoms with van der Waals surface area (Å²) in [6, 6.07) is 16.4. The molecule has 0 unspecified atom stereocenters. The summed E-state index contributed by atoms with van der Waals surface area (Å²) in [5.74, 6) is 2.17. The van der Waals surface area contributed by atoms with Crippen molar-refractivity contribution in [2.45, 2.75) is 30.7 Å². The van der Waals surface area contributed by atoms with Gasteiger partial charge in [-0.1, -0.05) is 49.9 Å². The van der Waals surface area contributed by atoms with E-state index in [0.717, 1.165) is 22.3 Å². The first-order valence-corrected chi connectivity index (χ1v) is 8.80. The van der Waals surface area contributed by atoms with Gasteiger partial charge in [0.05, 0.1) is 12.8 Å². The lowest BCUT2D eigenvalue weighted by Gasteiger charge is -2.08. The molecule has 0 bridgehead atoms. The molecular formula is C18H20N4OS. The van der Waals surface area contributed by atoms with Crippen LogP contribution in [0.3, 0.4) is 0 Å². The van der Waals surface area contributed by atoms with Crippen LogP contribution in [-0.2, 0) is 5.75 Å². The first kappa shape index (κ1) is 16.5. The quantitative estimate of drug-likeness (QED) is 0.633. The SMILES string of the molecule is COc1ccc(CSc2nnnn2-c2ccc(C(C)C)cc2)cc1. The van der Waals surface area contributed by atoms with Gasteiger partial charge < -0.3 is 4.74 Å². The van der Waals surface area contributed by atoms with Crippen LogP contribution in [0, 0.1) is 0 Å². The maximum atomic E-state index is 5.18. The van der Waals surface area contributed by atoms with E-state index in [-0.39, 0.29) is 0 Å². The first-order valence-electron chi connectivity index (χ1n) is 7.82. The van der Waals surface area contributed by atoms with Crippen LogP contribution in [0.1, 0.15) is 30.9 Å². The van der Waals surface area contributed by atoms with Crippen molar-refractivity contribution in [2.24, 2.45) is 0 Å². The van der Waals surface area contributed by atoms with E-state index >= 15 is 0 Å². The number of nitrogens with zero attached hydrogens (tertiary/aromatic N) is 4. The number of tetrazole rings is 1. The number of hydrogen-bond acceptors (Lipinski definition) is 5. The maximum Gasteiger partial charge on any atom is 0.214 e. The molecule has 0 fully saturated rings. The Morgan fingerprint density at radius 3 is 2.38 bits per heavy atom. The molecule has 0 aliphatic carbocycles. The molecule has 0 atom stereocenters. The van der Waals surface area contributed by atoms with Gasteiger partial charge in [-0.3, -0.25) is 0 Å². The standard InChI is InChI=1S/C18H20N4OS/c1-13(2)15-6-8-16(9-7-15)22-18(19-20-21-22)24-12-14-4-10-17(23-3)11-5-14/h4-11,13H,12H2,1-3H3. The number of thioether (sulfide) groups is 1. The van der Waals surface area contributed by atoms with Crippen molar-refractivity contribution in [1.82, 2.24) is 20.2 Å². The highest BCUT2D eigenvalue weighted by Crippen LogP contribution is 2.24. The van der Waals surface area contributed by atoms with Gasteiger partial charge in [0, 0.05) is 5.75 Å². The van der Waals surface area contributed by atoms with E-state index in [4.69, 9.17) is 4.74 Å². The van der Waals surface area contributed by atoms with Crippen molar-refractivity contribution in [1.29, 1.82) is 0 Å². The van der Waals surface area contributed by atoms with Crippen molar-refractivity contribution < 1.29 is 4.74 Å². The van der Waals surface area contributed by atoms with Crippen LogP contribution in [0.2, 0.25) is 0 Å². The fourth-order valence-electron chi connectivity index (χ4n) is 2.30. The van der Waals surface area contributed by atoms with Crippen LogP contribution in [-0.4, -0.2) is 27.3 Å². The van der Waals surface area contributed by atoms with Crippen molar-refractivity contribution >= 4 is 11.8 Å². The lowest BCUT2D eigenvalue weighted by molar-refractivity contribution is 0.414. The molecule has 0 aliphatic rings. The Hall–Kier alpha value is -2.34. The van der Waals surface area contributed by atoms with Crippen molar-refractivity contribution in [3.63, 3.8) is 0 Å². The molecule has 0 aliphatic heterocycles. The largest absolute Gasteiger partial charge is 0.497 e. The summed E-state index contributed by atoms with van der Waals surface area (Å²) in [6.07, 6.45) is 0. The molecule has 24 heavy (non-hydrogen) atoms. The smallest absolute Gasteiger partial charge is 0.214 e. The topological polar surface area (TPSA) is 52.8 Å². The third-order valence-electron chi connectivity index (χ3n) is 3.77. The summed E-state index contributed by atoms with van der Waals surface area (Å²) in [6.45, 7) is 4.37. The third kappa shape index (κ3) is 3.76. The van der Waals surface area contributed by atoms with E-state index in [1.165, 1.54) is 11.1 Å². The van der Waals surface area contributed by atoms with Crippen molar-refractivity contribution in [3.8, 4) is 11.4 Å². The highest BCUT2D eigenvalue weighted by molar-refractivity contribution is 7.98. The van der Waals surface area contributed by atoms with Gasteiger partial charge in [-0.25, -0.2) is 0 Å². The monoisotopic (exact) mass is 340 g/mol. The summed E-state index contributed by atoms with van der Waals surface area (Å²) >= 11 is 1.61. The van der Waals surface area contributed by atoms with E-state index in [2.05, 4.69) is 65.8 Å². The summed E-state index contributed by atoms with van der Waals surface area (Å²) < 4.78 is 6.96. The molecule has 0 spiro atoms. The van der Waals surface area contributed by atoms with Crippen LogP contribution in [0.5, 0.6) is 5.75 Å². The van der Waals surface area contributed by atoms with Gasteiger partial charge >= 0.3 is 0 Å². The van der Waals surface area contributed by atoms with Crippen LogP contribution >= 0.6 is 11.8 Å². The van der Waals surface area contributed by atoms with Crippen LogP contribution in [0.25, 0.3) is 5.69 Å². The molecular weight excluding hydrogens is 320 g/mol. The normalized spacial score (nSPS) is 11.0. The van der Waals surface area contributed by atoms with E-state index in [9.17, 15) is 0 Å². The van der Waals surface area contributed by atoms with E-state index < -0.39 is 0 Å². The molecule has 0 saturated heterocycles. The fraction of sp³-hybridized carbons (Fsp3) is 0.278. The maximum absolute atomic E-state index is 5.18. The Bertz CT molecular complexity index is 782. The molecule has 3 rings (SSSR count). The second kappa shape index (κ2) is 7.49. The number of aromatic nitrogens is 4. The second-order valence-electron chi connectivity index (χ2n) is 5.76. The Labute approximate surface area is 146 Å². The summed E-state index contributed by atoms with van der Waals surface area (Å²) in [5.41, 5.74) is 3.48. The Kier molecular flexibility index (Phi) is 5.15. The molecule has 1 aromatic heterocycles. The third-order valence-corrected chi connectivity index (χ3v) is 4.76. The van der Waals surface area contributed by atoms with Gasteiger partial charge in [-0.2, -0.15) is 4.68 Å². The zero-order chi connectivity index (χ0) is 16.9. The highest BCUT2D eigenvalue weighted by Gasteiger charge is 2.10. The average Bonchev–Trinajstić information content (AvgIpc) is 3.09. The molecule has 2 aromatic carbocycles. The highest BCUT2D eigenvalue weighted by atomic mass is 32.2. The van der Waals surface area contributed by atoms with E-state index in [0.29, 0.717) is 5.92 Å². The summed E-state index contributed by atoms with van der Waals surface area (Å²) in [5, 5.41) is 12.9. The van der Waals surface area contributed by atoms with Gasteiger partial charge in [0.25, 0.3) is 0 Å². The van der Waals surface area contributed by atoms with Gasteiger partial charge in [0.2, 0.25) is 5.16 Å². The second-order valence-corrected chi connectivity index (χ2v) is 6.70. The number of methoxy groups -OCH3 is 1. The summed E-state index contributed by atoms with van der Waals surface area (Å²) in [4.78, 5) is 0. The minimum absolute atomic E-state index is 0.511. The van der Waals surface area contributed by atoms with Crippen molar-refractivity contribution in [3.05, 3.63) is 59.7 Å². The molecule has 124 valence electrons. The lowest BCUT2D eigenvalue weighted by atomic mass is 10.0. The number of rotatable bonds is 6. The minimum Gasteiger partial charge on any atom is -0.497 e. The van der Waals surface area contributed by atoms with Gasteiger partial charge in [0.1, 0.15) is 5.75 Å². The lowest BCUT2D eigenvalue weighted by Crippen LogP contribution is -2.00. The molecule has 0 amide bonds. The van der Waals surface area contributed by atoms with Crippen LogP contribution in [0.4, 0.5) is 0 Å². The zero-order valence-electron chi connectivity index (χ0n) is 14.0. The van der Waals surface area contributed by atoms with Gasteiger partial charge in [0.15, 0.2) is 0 Å². The minimum atomic E-state index is 0.511. The van der Waals surface area contributed by atoms with E-state index in [1.807, 2.05) is 12.1 Å². The molecule has 5 nitrogen and oxygen atoms in total. The first-order chi connectivity index (χ1) is 11.7. The van der Waals surface area contributed by atoms with Crippen molar-refractivity contribution in [2.75, 3.05) is 7.11 Å². The summed E-state index contributed by atoms with van der Waals surface area (Å²) in [7, 11) is 1.67. The Balaban J connectivity index is 1.72. The predicted molar refractivity (Wildman–Crippen MR) is 95.8 cm³/mol. The zero-order valence-corrected chi connectivity index (χ0v) is 14.8. The Morgan fingerprint density at radius 2 is 1.75 bits per heavy atom. The van der Waals surface area contributed by atoms with E-state index in [1.54, 1.807) is 23.6 Å². The van der Waals surface area contributed by atoms with Crippen LogP contribution in [0.15, 0.2) is 53.7 Å². The Morgan fingerprint density at radius 1 is 1.04 bits per heavy atom. The number of ether oxygens (including phenoxy) is 1. The number of hydrogen-bond donors (Lipinski definition) is 0. The molecule has 0 N–H and O–H groups in total. The molecule has 0 saturated carbocycles. The molecule has 6 heteroatoms. The average molecular weight is 340 g/mol. The molecule has 3 aromatic rings. The number of benzene rings is 2. The fourth-order valence-corrected chi connectivity index (χ4v) is 3.15. The molecule has 0 radical (unpaired) electrons. The molecule has 1 heterocycles.